The van der Waals surface area contributed by atoms with E-state index >= 15 is 0 Å². The highest BCUT2D eigenvalue weighted by molar-refractivity contribution is 7.98. The molecule has 1 aromatic rings. The van der Waals surface area contributed by atoms with Crippen molar-refractivity contribution < 1.29 is 23.9 Å². The lowest BCUT2D eigenvalue weighted by molar-refractivity contribution is -0.140. The summed E-state index contributed by atoms with van der Waals surface area (Å²) in [5.41, 5.74) is 0.873. The molecule has 0 aliphatic carbocycles. The highest BCUT2D eigenvalue weighted by Gasteiger charge is 2.29. The summed E-state index contributed by atoms with van der Waals surface area (Å²) in [4.78, 5) is 50.4. The summed E-state index contributed by atoms with van der Waals surface area (Å²) in [6.45, 7) is 4.03. The second kappa shape index (κ2) is 16.9. The molecule has 0 bridgehead atoms. The minimum absolute atomic E-state index is 0.0295. The molecule has 0 radical (unpaired) electrons. The average Bonchev–Trinajstić information content (AvgIpc) is 2.83. The Morgan fingerprint density at radius 2 is 1.57 bits per heavy atom. The van der Waals surface area contributed by atoms with Crippen LogP contribution in [-0.2, 0) is 30.3 Å². The molecule has 0 fully saturated rings. The maximum atomic E-state index is 13.3. The van der Waals surface area contributed by atoms with Gasteiger partial charge in [-0.25, -0.2) is 0 Å². The van der Waals surface area contributed by atoms with Crippen LogP contribution in [0, 0.1) is 5.92 Å². The molecule has 196 valence electrons. The van der Waals surface area contributed by atoms with Crippen molar-refractivity contribution in [3.8, 4) is 0 Å². The fraction of sp³-hybridized carbons (Fsp3) is 0.600. The minimum atomic E-state index is -0.870. The molecule has 10 heteroatoms. The first-order valence-corrected chi connectivity index (χ1v) is 13.3. The Morgan fingerprint density at radius 1 is 0.943 bits per heavy atom. The lowest BCUT2D eigenvalue weighted by atomic mass is 10.0. The maximum absolute atomic E-state index is 13.3. The van der Waals surface area contributed by atoms with Gasteiger partial charge in [-0.05, 0) is 43.4 Å². The maximum Gasteiger partial charge on any atom is 0.307 e. The number of carbonyl (C=O) groups excluding carboxylic acids is 4. The fourth-order valence-corrected chi connectivity index (χ4v) is 3.93. The SMILES string of the molecule is CNC(CCSC)C(=O)NC(CC(C)C)C(=O)NC(Cc1ccccc1)C(=O)NCCC(=O)OC. The summed E-state index contributed by atoms with van der Waals surface area (Å²) in [5.74, 6) is -0.555. The second-order valence-electron chi connectivity index (χ2n) is 8.68. The van der Waals surface area contributed by atoms with Crippen molar-refractivity contribution in [2.24, 2.45) is 5.92 Å². The highest BCUT2D eigenvalue weighted by Crippen LogP contribution is 2.09. The Morgan fingerprint density at radius 3 is 2.14 bits per heavy atom. The van der Waals surface area contributed by atoms with Crippen molar-refractivity contribution in [2.75, 3.05) is 32.7 Å². The van der Waals surface area contributed by atoms with Gasteiger partial charge in [-0.15, -0.1) is 0 Å². The second-order valence-corrected chi connectivity index (χ2v) is 9.67. The van der Waals surface area contributed by atoms with E-state index in [9.17, 15) is 19.2 Å². The number of hydrogen-bond donors (Lipinski definition) is 4. The van der Waals surface area contributed by atoms with Gasteiger partial charge in [-0.3, -0.25) is 19.2 Å². The van der Waals surface area contributed by atoms with Crippen molar-refractivity contribution in [1.82, 2.24) is 21.3 Å². The van der Waals surface area contributed by atoms with Crippen LogP contribution in [0.25, 0.3) is 0 Å². The number of rotatable bonds is 16. The monoisotopic (exact) mass is 508 g/mol. The number of hydrogen-bond acceptors (Lipinski definition) is 7. The number of benzene rings is 1. The summed E-state index contributed by atoms with van der Waals surface area (Å²) in [5, 5.41) is 11.4. The fourth-order valence-electron chi connectivity index (χ4n) is 3.46. The van der Waals surface area contributed by atoms with Crippen molar-refractivity contribution >= 4 is 35.5 Å². The van der Waals surface area contributed by atoms with E-state index in [1.165, 1.54) is 7.11 Å². The number of esters is 1. The summed E-state index contributed by atoms with van der Waals surface area (Å²) in [6, 6.07) is 7.27. The van der Waals surface area contributed by atoms with Gasteiger partial charge in [0.15, 0.2) is 0 Å². The Kier molecular flexibility index (Phi) is 14.7. The zero-order chi connectivity index (χ0) is 26.2. The molecule has 0 spiro atoms. The molecule has 1 rings (SSSR count). The van der Waals surface area contributed by atoms with Crippen LogP contribution in [-0.4, -0.2) is 74.5 Å². The smallest absolute Gasteiger partial charge is 0.307 e. The van der Waals surface area contributed by atoms with Gasteiger partial charge in [-0.2, -0.15) is 11.8 Å². The van der Waals surface area contributed by atoms with Crippen LogP contribution in [0.1, 0.15) is 38.7 Å². The molecule has 0 aliphatic rings. The lowest BCUT2D eigenvalue weighted by Gasteiger charge is -2.26. The molecule has 0 heterocycles. The van der Waals surface area contributed by atoms with E-state index in [-0.39, 0.29) is 31.2 Å². The first-order chi connectivity index (χ1) is 16.7. The van der Waals surface area contributed by atoms with Crippen molar-refractivity contribution in [1.29, 1.82) is 0 Å². The number of carbonyl (C=O) groups is 4. The topological polar surface area (TPSA) is 126 Å². The average molecular weight is 509 g/mol. The molecule has 35 heavy (non-hydrogen) atoms. The van der Waals surface area contributed by atoms with Crippen LogP contribution in [0.4, 0.5) is 0 Å². The summed E-state index contributed by atoms with van der Waals surface area (Å²) < 4.78 is 4.60. The molecule has 9 nitrogen and oxygen atoms in total. The number of amides is 3. The third-order valence-electron chi connectivity index (χ3n) is 5.39. The zero-order valence-corrected chi connectivity index (χ0v) is 22.2. The lowest BCUT2D eigenvalue weighted by Crippen LogP contribution is -2.57. The Bertz CT molecular complexity index is 806. The first-order valence-electron chi connectivity index (χ1n) is 11.9. The van der Waals surface area contributed by atoms with E-state index in [0.29, 0.717) is 12.8 Å². The normalized spacial score (nSPS) is 13.4. The molecule has 4 N–H and O–H groups in total. The molecule has 3 unspecified atom stereocenters. The van der Waals surface area contributed by atoms with Crippen LogP contribution in [0.2, 0.25) is 0 Å². The molecule has 1 aromatic carbocycles. The van der Waals surface area contributed by atoms with Gasteiger partial charge in [0.05, 0.1) is 19.6 Å². The molecule has 0 aliphatic heterocycles. The number of likely N-dealkylation sites (N-methyl/N-ethyl adjacent to an activating group) is 1. The largest absolute Gasteiger partial charge is 0.469 e. The number of nitrogens with one attached hydrogen (secondary N) is 4. The van der Waals surface area contributed by atoms with Crippen LogP contribution in [0.3, 0.4) is 0 Å². The third kappa shape index (κ3) is 12.1. The first kappa shape index (κ1) is 30.4. The minimum Gasteiger partial charge on any atom is -0.469 e. The molecular weight excluding hydrogens is 468 g/mol. The molecular formula is C25H40N4O5S. The van der Waals surface area contributed by atoms with Crippen LogP contribution < -0.4 is 21.3 Å². The van der Waals surface area contributed by atoms with Gasteiger partial charge in [-0.1, -0.05) is 44.2 Å². The van der Waals surface area contributed by atoms with Gasteiger partial charge < -0.3 is 26.0 Å². The number of ether oxygens (including phenoxy) is 1. The van der Waals surface area contributed by atoms with Crippen molar-refractivity contribution in [3.05, 3.63) is 35.9 Å². The van der Waals surface area contributed by atoms with Gasteiger partial charge in [0.25, 0.3) is 0 Å². The van der Waals surface area contributed by atoms with E-state index in [4.69, 9.17) is 0 Å². The molecule has 3 amide bonds. The third-order valence-corrected chi connectivity index (χ3v) is 6.03. The predicted molar refractivity (Wildman–Crippen MR) is 139 cm³/mol. The Labute approximate surface area is 212 Å². The van der Waals surface area contributed by atoms with Crippen LogP contribution in [0.15, 0.2) is 30.3 Å². The standard InChI is InChI=1S/C25H40N4O5S/c1-17(2)15-20(28-24(32)19(26-3)12-14-35-5)25(33)29-21(16-18-9-7-6-8-10-18)23(31)27-13-11-22(30)34-4/h6-10,17,19-21,26H,11-16H2,1-5H3,(H,27,31)(H,28,32)(H,29,33). The van der Waals surface area contributed by atoms with Crippen molar-refractivity contribution in [2.45, 2.75) is 57.7 Å². The van der Waals surface area contributed by atoms with E-state index in [1.54, 1.807) is 18.8 Å². The highest BCUT2D eigenvalue weighted by atomic mass is 32.2. The molecule has 0 aromatic heterocycles. The van der Waals surface area contributed by atoms with E-state index in [1.807, 2.05) is 50.4 Å². The van der Waals surface area contributed by atoms with Crippen LogP contribution >= 0.6 is 11.8 Å². The van der Waals surface area contributed by atoms with Gasteiger partial charge >= 0.3 is 5.97 Å². The molecule has 0 saturated heterocycles. The molecule has 3 atom stereocenters. The molecule has 0 saturated carbocycles. The van der Waals surface area contributed by atoms with E-state index in [0.717, 1.165) is 11.3 Å². The van der Waals surface area contributed by atoms with E-state index in [2.05, 4.69) is 26.0 Å². The summed E-state index contributed by atoms with van der Waals surface area (Å²) in [6.07, 6.45) is 3.34. The van der Waals surface area contributed by atoms with Gasteiger partial charge in [0.1, 0.15) is 12.1 Å². The zero-order valence-electron chi connectivity index (χ0n) is 21.4. The van der Waals surface area contributed by atoms with Crippen molar-refractivity contribution in [3.63, 3.8) is 0 Å². The summed E-state index contributed by atoms with van der Waals surface area (Å²) in [7, 11) is 3.00. The van der Waals surface area contributed by atoms with Crippen LogP contribution in [0.5, 0.6) is 0 Å². The van der Waals surface area contributed by atoms with Gasteiger partial charge in [0.2, 0.25) is 17.7 Å². The van der Waals surface area contributed by atoms with Gasteiger partial charge in [0, 0.05) is 13.0 Å². The number of thioether (sulfide) groups is 1. The predicted octanol–water partition coefficient (Wildman–Crippen LogP) is 1.27. The summed E-state index contributed by atoms with van der Waals surface area (Å²) >= 11 is 1.65. The number of methoxy groups -OCH3 is 1. The van der Waals surface area contributed by atoms with E-state index < -0.39 is 35.9 Å². The Hall–Kier alpha value is -2.59. The Balaban J connectivity index is 2.97. The quantitative estimate of drug-likeness (QED) is 0.248.